The Morgan fingerprint density at radius 3 is 1.85 bits per heavy atom. The average molecular weight is 181 g/mol. The normalized spacial score (nSPS) is 41.1. The molecule has 0 bridgehead atoms. The Morgan fingerprint density at radius 1 is 0.846 bits per heavy atom. The summed E-state index contributed by atoms with van der Waals surface area (Å²) in [6.07, 6.45) is 7.25. The van der Waals surface area contributed by atoms with Crippen LogP contribution in [0.25, 0.3) is 0 Å². The largest absolute Gasteiger partial charge is 0.300 e. The molecule has 2 saturated carbocycles. The average Bonchev–Trinajstić information content (AvgIpc) is 2.83. The highest BCUT2D eigenvalue weighted by Crippen LogP contribution is 2.36. The van der Waals surface area contributed by atoms with E-state index in [1.807, 2.05) is 0 Å². The summed E-state index contributed by atoms with van der Waals surface area (Å²) in [7, 11) is 2.34. The van der Waals surface area contributed by atoms with Crippen molar-refractivity contribution < 1.29 is 0 Å². The molecule has 2 unspecified atom stereocenters. The second-order valence-electron chi connectivity index (χ2n) is 5.47. The molecule has 2 atom stereocenters. The first-order valence-corrected chi connectivity index (χ1v) is 5.88. The van der Waals surface area contributed by atoms with Gasteiger partial charge in [0.1, 0.15) is 0 Å². The molecule has 13 heavy (non-hydrogen) atoms. The van der Waals surface area contributed by atoms with Crippen molar-refractivity contribution >= 4 is 0 Å². The summed E-state index contributed by atoms with van der Waals surface area (Å²) in [4.78, 5) is 2.66. The molecular weight excluding hydrogens is 158 g/mol. The fourth-order valence-corrected chi connectivity index (χ4v) is 3.02. The molecule has 2 rings (SSSR count). The van der Waals surface area contributed by atoms with Crippen LogP contribution in [0.5, 0.6) is 0 Å². The van der Waals surface area contributed by atoms with Crippen molar-refractivity contribution in [1.82, 2.24) is 4.90 Å². The molecule has 0 spiro atoms. The van der Waals surface area contributed by atoms with Crippen molar-refractivity contribution in [3.8, 4) is 0 Å². The van der Waals surface area contributed by atoms with Crippen molar-refractivity contribution in [2.75, 3.05) is 7.05 Å². The smallest absolute Gasteiger partial charge is 0.0100 e. The number of nitrogens with zero attached hydrogens (tertiary/aromatic N) is 1. The molecule has 0 aliphatic heterocycles. The molecule has 2 fully saturated rings. The van der Waals surface area contributed by atoms with E-state index in [0.717, 1.165) is 23.9 Å². The highest BCUT2D eigenvalue weighted by molar-refractivity contribution is 4.89. The Bertz CT molecular complexity index is 164. The van der Waals surface area contributed by atoms with Gasteiger partial charge in [0.15, 0.2) is 0 Å². The Labute approximate surface area is 82.5 Å². The minimum atomic E-state index is 0.895. The summed E-state index contributed by atoms with van der Waals surface area (Å²) in [5.41, 5.74) is 0. The quantitative estimate of drug-likeness (QED) is 0.633. The van der Waals surface area contributed by atoms with Crippen LogP contribution in [0.3, 0.4) is 0 Å². The molecule has 0 aromatic rings. The minimum Gasteiger partial charge on any atom is -0.300 e. The number of hydrogen-bond donors (Lipinski definition) is 0. The maximum absolute atomic E-state index is 2.66. The predicted molar refractivity (Wildman–Crippen MR) is 56.8 cm³/mol. The molecule has 1 heteroatoms. The lowest BCUT2D eigenvalue weighted by Crippen LogP contribution is -2.39. The van der Waals surface area contributed by atoms with Crippen LogP contribution in [0.4, 0.5) is 0 Å². The van der Waals surface area contributed by atoms with Crippen LogP contribution in [0.2, 0.25) is 0 Å². The molecule has 1 nitrogen and oxygen atoms in total. The summed E-state index contributed by atoms with van der Waals surface area (Å²) in [6, 6.07) is 1.84. The molecule has 0 heterocycles. The third-order valence-electron chi connectivity index (χ3n) is 3.85. The summed E-state index contributed by atoms with van der Waals surface area (Å²) in [6.45, 7) is 4.84. The summed E-state index contributed by atoms with van der Waals surface area (Å²) < 4.78 is 0. The lowest BCUT2D eigenvalue weighted by Gasteiger charge is -2.37. The lowest BCUT2D eigenvalue weighted by molar-refractivity contribution is 0.127. The van der Waals surface area contributed by atoms with Crippen LogP contribution in [0, 0.1) is 11.8 Å². The predicted octanol–water partition coefficient (Wildman–Crippen LogP) is 2.91. The number of rotatable bonds is 2. The molecule has 0 radical (unpaired) electrons. The van der Waals surface area contributed by atoms with E-state index in [1.54, 1.807) is 0 Å². The van der Waals surface area contributed by atoms with Crippen molar-refractivity contribution in [2.45, 2.75) is 58.0 Å². The Kier molecular flexibility index (Phi) is 2.64. The van der Waals surface area contributed by atoms with Crippen LogP contribution >= 0.6 is 0 Å². The van der Waals surface area contributed by atoms with E-state index >= 15 is 0 Å². The number of hydrogen-bond acceptors (Lipinski definition) is 1. The Morgan fingerprint density at radius 2 is 1.38 bits per heavy atom. The maximum atomic E-state index is 2.66. The van der Waals surface area contributed by atoms with E-state index in [1.165, 1.54) is 32.1 Å². The van der Waals surface area contributed by atoms with E-state index in [4.69, 9.17) is 0 Å². The van der Waals surface area contributed by atoms with Gasteiger partial charge in [0.25, 0.3) is 0 Å². The fraction of sp³-hybridized carbons (Fsp3) is 1.00. The monoisotopic (exact) mass is 181 g/mol. The molecule has 2 aliphatic carbocycles. The maximum Gasteiger partial charge on any atom is 0.0100 e. The standard InChI is InChI=1S/C12H23N/c1-9-6-10(2)8-12(7-9)13(3)11-4-5-11/h9-12H,4-8H2,1-3H3. The van der Waals surface area contributed by atoms with Crippen LogP contribution in [-0.4, -0.2) is 24.0 Å². The molecule has 0 aromatic carbocycles. The van der Waals surface area contributed by atoms with Gasteiger partial charge in [-0.2, -0.15) is 0 Å². The van der Waals surface area contributed by atoms with Crippen molar-refractivity contribution in [3.63, 3.8) is 0 Å². The first-order chi connectivity index (χ1) is 6.16. The van der Waals surface area contributed by atoms with Gasteiger partial charge >= 0.3 is 0 Å². The molecular formula is C12H23N. The molecule has 0 N–H and O–H groups in total. The Hall–Kier alpha value is -0.0400. The first-order valence-electron chi connectivity index (χ1n) is 5.88. The molecule has 0 amide bonds. The van der Waals surface area contributed by atoms with Gasteiger partial charge in [-0.3, -0.25) is 0 Å². The second kappa shape index (κ2) is 3.61. The van der Waals surface area contributed by atoms with Gasteiger partial charge in [0.2, 0.25) is 0 Å². The second-order valence-corrected chi connectivity index (χ2v) is 5.47. The molecule has 0 saturated heterocycles. The van der Waals surface area contributed by atoms with Gasteiger partial charge in [-0.1, -0.05) is 13.8 Å². The van der Waals surface area contributed by atoms with Crippen LogP contribution in [-0.2, 0) is 0 Å². The Balaban J connectivity index is 1.89. The van der Waals surface area contributed by atoms with Gasteiger partial charge < -0.3 is 4.90 Å². The lowest BCUT2D eigenvalue weighted by atomic mass is 9.80. The van der Waals surface area contributed by atoms with Gasteiger partial charge in [0, 0.05) is 12.1 Å². The highest BCUT2D eigenvalue weighted by atomic mass is 15.2. The van der Waals surface area contributed by atoms with E-state index in [-0.39, 0.29) is 0 Å². The SMILES string of the molecule is CC1CC(C)CC(N(C)C2CC2)C1. The summed E-state index contributed by atoms with van der Waals surface area (Å²) in [5, 5.41) is 0. The van der Waals surface area contributed by atoms with Crippen LogP contribution < -0.4 is 0 Å². The van der Waals surface area contributed by atoms with E-state index in [9.17, 15) is 0 Å². The topological polar surface area (TPSA) is 3.24 Å². The van der Waals surface area contributed by atoms with Crippen LogP contribution in [0.15, 0.2) is 0 Å². The summed E-state index contributed by atoms with van der Waals surface area (Å²) >= 11 is 0. The van der Waals surface area contributed by atoms with Crippen molar-refractivity contribution in [3.05, 3.63) is 0 Å². The third-order valence-corrected chi connectivity index (χ3v) is 3.85. The minimum absolute atomic E-state index is 0.895. The van der Waals surface area contributed by atoms with Gasteiger partial charge in [-0.05, 0) is 51.0 Å². The zero-order chi connectivity index (χ0) is 9.42. The van der Waals surface area contributed by atoms with Gasteiger partial charge in [0.05, 0.1) is 0 Å². The highest BCUT2D eigenvalue weighted by Gasteiger charge is 2.34. The van der Waals surface area contributed by atoms with E-state index in [0.29, 0.717) is 0 Å². The van der Waals surface area contributed by atoms with E-state index in [2.05, 4.69) is 25.8 Å². The van der Waals surface area contributed by atoms with Crippen molar-refractivity contribution in [2.24, 2.45) is 11.8 Å². The summed E-state index contributed by atoms with van der Waals surface area (Å²) in [5.74, 6) is 1.91. The van der Waals surface area contributed by atoms with Crippen molar-refractivity contribution in [1.29, 1.82) is 0 Å². The first kappa shape index (κ1) is 9.51. The van der Waals surface area contributed by atoms with Gasteiger partial charge in [-0.15, -0.1) is 0 Å². The van der Waals surface area contributed by atoms with Crippen LogP contribution in [0.1, 0.15) is 46.0 Å². The zero-order valence-corrected chi connectivity index (χ0v) is 9.29. The zero-order valence-electron chi connectivity index (χ0n) is 9.29. The third kappa shape index (κ3) is 2.25. The molecule has 2 aliphatic rings. The van der Waals surface area contributed by atoms with Gasteiger partial charge in [-0.25, -0.2) is 0 Å². The van der Waals surface area contributed by atoms with E-state index < -0.39 is 0 Å². The fourth-order valence-electron chi connectivity index (χ4n) is 3.02. The molecule has 76 valence electrons. The molecule has 0 aromatic heterocycles.